The number of hydrogen-bond donors (Lipinski definition) is 1. The molecule has 0 unspecified atom stereocenters. The molecule has 1 amide bonds. The molecule has 0 spiro atoms. The second kappa shape index (κ2) is 5.90. The Morgan fingerprint density at radius 2 is 1.96 bits per heavy atom. The highest BCUT2D eigenvalue weighted by Crippen LogP contribution is 2.35. The lowest BCUT2D eigenvalue weighted by molar-refractivity contribution is 0.100. The van der Waals surface area contributed by atoms with Gasteiger partial charge in [0.05, 0.1) is 22.6 Å². The molecule has 2 N–H and O–H groups in total. The largest absolute Gasteiger partial charge is 0.366 e. The van der Waals surface area contributed by atoms with E-state index in [4.69, 9.17) is 17.3 Å². The highest BCUT2D eigenvalue weighted by atomic mass is 35.5. The molecule has 0 aliphatic carbocycles. The minimum atomic E-state index is -0.524. The smallest absolute Gasteiger partial charge is 0.249 e. The third kappa shape index (κ3) is 2.46. The zero-order valence-corrected chi connectivity index (χ0v) is 13.8. The summed E-state index contributed by atoms with van der Waals surface area (Å²) < 4.78 is 16.1. The highest BCUT2D eigenvalue weighted by molar-refractivity contribution is 6.36. The highest BCUT2D eigenvalue weighted by Gasteiger charge is 2.18. The Morgan fingerprint density at radius 3 is 2.72 bits per heavy atom. The summed E-state index contributed by atoms with van der Waals surface area (Å²) >= 11 is 6.42. The van der Waals surface area contributed by atoms with Gasteiger partial charge in [-0.05, 0) is 30.3 Å². The van der Waals surface area contributed by atoms with E-state index in [0.717, 1.165) is 5.52 Å². The van der Waals surface area contributed by atoms with E-state index in [1.807, 2.05) is 10.6 Å². The van der Waals surface area contributed by atoms with Crippen LogP contribution < -0.4 is 5.73 Å². The van der Waals surface area contributed by atoms with Crippen LogP contribution in [0, 0.1) is 11.9 Å². The minimum Gasteiger partial charge on any atom is -0.366 e. The van der Waals surface area contributed by atoms with Gasteiger partial charge in [0.15, 0.2) is 0 Å². The van der Waals surface area contributed by atoms with Crippen LogP contribution in [0.25, 0.3) is 21.8 Å². The number of halogens is 2. The van der Waals surface area contributed by atoms with E-state index < -0.39 is 5.91 Å². The maximum Gasteiger partial charge on any atom is 0.249 e. The molecule has 1 heterocycles. The van der Waals surface area contributed by atoms with E-state index in [1.54, 1.807) is 42.5 Å². The minimum absolute atomic E-state index is 0.284. The fraction of sp³-hybridized carbons (Fsp3) is 0.0500. The van der Waals surface area contributed by atoms with Gasteiger partial charge in [0.2, 0.25) is 5.91 Å². The first-order chi connectivity index (χ1) is 12.1. The van der Waals surface area contributed by atoms with Crippen molar-refractivity contribution in [2.24, 2.45) is 5.73 Å². The van der Waals surface area contributed by atoms with Crippen LogP contribution in [-0.2, 0) is 6.54 Å². The molecule has 3 nitrogen and oxygen atoms in total. The van der Waals surface area contributed by atoms with Crippen LogP contribution in [0.15, 0.2) is 54.6 Å². The molecule has 0 saturated carbocycles. The Kier molecular flexibility index (Phi) is 3.70. The van der Waals surface area contributed by atoms with Gasteiger partial charge in [0.25, 0.3) is 0 Å². The van der Waals surface area contributed by atoms with Crippen molar-refractivity contribution in [2.45, 2.75) is 6.54 Å². The summed E-state index contributed by atoms with van der Waals surface area (Å²) in [4.78, 5) is 11.9. The number of aromatic nitrogens is 1. The number of carbonyl (C=O) groups is 1. The van der Waals surface area contributed by atoms with Crippen molar-refractivity contribution >= 4 is 39.3 Å². The summed E-state index contributed by atoms with van der Waals surface area (Å²) in [6.45, 7) is 0.284. The molecule has 5 heteroatoms. The Balaban J connectivity index is 2.10. The van der Waals surface area contributed by atoms with Crippen LogP contribution >= 0.6 is 11.6 Å². The van der Waals surface area contributed by atoms with Crippen LogP contribution in [0.5, 0.6) is 0 Å². The summed E-state index contributed by atoms with van der Waals surface area (Å²) in [5.74, 6) is -0.816. The normalized spacial score (nSPS) is 11.3. The first kappa shape index (κ1) is 15.7. The maximum absolute atomic E-state index is 14.2. The van der Waals surface area contributed by atoms with Crippen molar-refractivity contribution < 1.29 is 9.18 Å². The zero-order valence-electron chi connectivity index (χ0n) is 13.1. The average Bonchev–Trinajstić information content (AvgIpc) is 2.92. The van der Waals surface area contributed by atoms with Crippen molar-refractivity contribution in [1.82, 2.24) is 4.57 Å². The lowest BCUT2D eigenvalue weighted by Crippen LogP contribution is -2.11. The van der Waals surface area contributed by atoms with E-state index in [-0.39, 0.29) is 12.4 Å². The monoisotopic (exact) mass is 351 g/mol. The second-order valence-corrected chi connectivity index (χ2v) is 6.20. The van der Waals surface area contributed by atoms with Gasteiger partial charge < -0.3 is 10.3 Å². The molecular weight excluding hydrogens is 339 g/mol. The first-order valence-electron chi connectivity index (χ1n) is 7.72. The predicted octanol–water partition coefficient (Wildman–Crippen LogP) is 4.53. The van der Waals surface area contributed by atoms with Crippen LogP contribution in [0.3, 0.4) is 0 Å². The molecular formula is C20H13ClFN2O. The van der Waals surface area contributed by atoms with Crippen molar-refractivity contribution in [3.8, 4) is 0 Å². The molecule has 3 aromatic carbocycles. The molecule has 0 atom stereocenters. The van der Waals surface area contributed by atoms with Crippen molar-refractivity contribution in [3.63, 3.8) is 0 Å². The molecule has 0 fully saturated rings. The van der Waals surface area contributed by atoms with Gasteiger partial charge in [0, 0.05) is 21.9 Å². The van der Waals surface area contributed by atoms with E-state index >= 15 is 0 Å². The first-order valence-corrected chi connectivity index (χ1v) is 8.10. The van der Waals surface area contributed by atoms with Gasteiger partial charge >= 0.3 is 0 Å². The summed E-state index contributed by atoms with van der Waals surface area (Å²) in [5, 5.41) is 1.90. The number of nitrogens with two attached hydrogens (primary N) is 1. The molecule has 4 aromatic rings. The van der Waals surface area contributed by atoms with E-state index in [1.165, 1.54) is 6.07 Å². The van der Waals surface area contributed by atoms with E-state index in [9.17, 15) is 9.18 Å². The van der Waals surface area contributed by atoms with Gasteiger partial charge in [-0.25, -0.2) is 4.39 Å². The van der Waals surface area contributed by atoms with Gasteiger partial charge in [-0.2, -0.15) is 0 Å². The topological polar surface area (TPSA) is 48.0 Å². The molecule has 4 rings (SSSR count). The fourth-order valence-corrected chi connectivity index (χ4v) is 3.49. The van der Waals surface area contributed by atoms with Crippen LogP contribution in [0.4, 0.5) is 4.39 Å². The number of rotatable bonds is 3. The predicted molar refractivity (Wildman–Crippen MR) is 97.3 cm³/mol. The lowest BCUT2D eigenvalue weighted by Gasteiger charge is -2.09. The number of fused-ring (bicyclic) bond motifs is 3. The zero-order chi connectivity index (χ0) is 17.6. The van der Waals surface area contributed by atoms with Gasteiger partial charge in [-0.1, -0.05) is 41.9 Å². The summed E-state index contributed by atoms with van der Waals surface area (Å²) in [6, 6.07) is 18.5. The second-order valence-electron chi connectivity index (χ2n) is 5.79. The average molecular weight is 352 g/mol. The Hall–Kier alpha value is -2.85. The number of primary amides is 1. The summed E-state index contributed by atoms with van der Waals surface area (Å²) in [5.41, 5.74) is 7.94. The Labute approximate surface area is 148 Å². The SMILES string of the molecule is NC(=O)c1cccc2c1c1[c]ccc(Cl)c1n2Cc1ccccc1F. The number of nitrogens with zero attached hydrogens (tertiary/aromatic N) is 1. The molecule has 1 aromatic heterocycles. The Bertz CT molecular complexity index is 1130. The van der Waals surface area contributed by atoms with Crippen molar-refractivity contribution in [1.29, 1.82) is 0 Å². The summed E-state index contributed by atoms with van der Waals surface area (Å²) in [7, 11) is 0. The fourth-order valence-electron chi connectivity index (χ4n) is 3.23. The lowest BCUT2D eigenvalue weighted by atomic mass is 10.1. The third-order valence-corrected chi connectivity index (χ3v) is 4.63. The van der Waals surface area contributed by atoms with Crippen LogP contribution in [-0.4, -0.2) is 10.5 Å². The van der Waals surface area contributed by atoms with Gasteiger partial charge in [-0.15, -0.1) is 0 Å². The van der Waals surface area contributed by atoms with E-state index in [0.29, 0.717) is 32.4 Å². The van der Waals surface area contributed by atoms with Gasteiger partial charge in [-0.3, -0.25) is 4.79 Å². The molecule has 0 bridgehead atoms. The number of carbonyl (C=O) groups excluding carboxylic acids is 1. The van der Waals surface area contributed by atoms with Gasteiger partial charge in [0.1, 0.15) is 5.82 Å². The molecule has 25 heavy (non-hydrogen) atoms. The maximum atomic E-state index is 14.2. The van der Waals surface area contributed by atoms with Crippen LogP contribution in [0.2, 0.25) is 5.02 Å². The number of hydrogen-bond acceptors (Lipinski definition) is 1. The quantitative estimate of drug-likeness (QED) is 0.579. The van der Waals surface area contributed by atoms with E-state index in [2.05, 4.69) is 6.07 Å². The molecule has 1 radical (unpaired) electrons. The molecule has 0 saturated heterocycles. The van der Waals surface area contributed by atoms with Crippen molar-refractivity contribution in [3.05, 3.63) is 82.6 Å². The summed E-state index contributed by atoms with van der Waals surface area (Å²) in [6.07, 6.45) is 0. The Morgan fingerprint density at radius 1 is 1.16 bits per heavy atom. The molecule has 123 valence electrons. The number of amides is 1. The molecule has 0 aliphatic rings. The van der Waals surface area contributed by atoms with Crippen LogP contribution in [0.1, 0.15) is 15.9 Å². The third-order valence-electron chi connectivity index (χ3n) is 4.33. The van der Waals surface area contributed by atoms with Crippen molar-refractivity contribution in [2.75, 3.05) is 0 Å². The standard InChI is InChI=1S/C20H13ClFN2O/c21-15-8-3-6-13-18-14(20(23)25)7-4-10-17(18)24(19(13)15)11-12-5-1-2-9-16(12)22/h1-5,7-10H,11H2,(H2,23,25). The number of benzene rings is 3. The molecule has 0 aliphatic heterocycles.